The van der Waals surface area contributed by atoms with Crippen molar-refractivity contribution in [1.29, 1.82) is 0 Å². The number of ether oxygens (including phenoxy) is 1. The molecule has 1 aromatic carbocycles. The molecule has 2 fully saturated rings. The second kappa shape index (κ2) is 5.30. The van der Waals surface area contributed by atoms with Gasteiger partial charge in [0.05, 0.1) is 7.11 Å². The zero-order valence-corrected chi connectivity index (χ0v) is 13.0. The molecule has 0 radical (unpaired) electrons. The van der Waals surface area contributed by atoms with Crippen molar-refractivity contribution in [1.82, 2.24) is 10.2 Å². The number of hydrogen-bond acceptors (Lipinski definition) is 5. The van der Waals surface area contributed by atoms with Gasteiger partial charge in [0.15, 0.2) is 0 Å². The quantitative estimate of drug-likeness (QED) is 0.867. The monoisotopic (exact) mass is 301 g/mol. The van der Waals surface area contributed by atoms with Crippen molar-refractivity contribution in [3.63, 3.8) is 0 Å². The molecule has 1 saturated carbocycles. The Balaban J connectivity index is 1.45. The van der Waals surface area contributed by atoms with Gasteiger partial charge in [0.2, 0.25) is 5.13 Å². The Hall–Kier alpha value is -1.62. The van der Waals surface area contributed by atoms with Gasteiger partial charge in [0.1, 0.15) is 10.8 Å². The van der Waals surface area contributed by atoms with Crippen LogP contribution >= 0.6 is 11.3 Å². The summed E-state index contributed by atoms with van der Waals surface area (Å²) in [5, 5.41) is 11.1. The lowest BCUT2D eigenvalue weighted by molar-refractivity contribution is 0.414. The van der Waals surface area contributed by atoms with E-state index in [0.29, 0.717) is 11.8 Å². The van der Waals surface area contributed by atoms with Gasteiger partial charge in [-0.05, 0) is 37.0 Å². The Labute approximate surface area is 128 Å². The molecule has 2 heterocycles. The van der Waals surface area contributed by atoms with E-state index < -0.39 is 0 Å². The third-order valence-electron chi connectivity index (χ3n) is 4.40. The summed E-state index contributed by atoms with van der Waals surface area (Å²) in [6, 6.07) is 8.47. The average Bonchev–Trinajstić information content (AvgIpc) is 3.07. The highest BCUT2D eigenvalue weighted by Gasteiger charge is 2.30. The molecule has 4 nitrogen and oxygen atoms in total. The molecule has 0 spiro atoms. The van der Waals surface area contributed by atoms with E-state index in [1.807, 2.05) is 12.1 Å². The maximum Gasteiger partial charge on any atom is 0.208 e. The normalized spacial score (nSPS) is 21.8. The Morgan fingerprint density at radius 1 is 1.10 bits per heavy atom. The first-order valence-electron chi connectivity index (χ1n) is 7.56. The predicted molar refractivity (Wildman–Crippen MR) is 84.4 cm³/mol. The average molecular weight is 301 g/mol. The first kappa shape index (κ1) is 13.1. The highest BCUT2D eigenvalue weighted by atomic mass is 32.1. The number of nitrogens with zero attached hydrogens (tertiary/aromatic N) is 3. The van der Waals surface area contributed by atoms with E-state index in [0.717, 1.165) is 24.0 Å². The maximum absolute atomic E-state index is 5.23. The van der Waals surface area contributed by atoms with Gasteiger partial charge < -0.3 is 9.64 Å². The summed E-state index contributed by atoms with van der Waals surface area (Å²) in [5.41, 5.74) is 1.39. The van der Waals surface area contributed by atoms with Crippen LogP contribution in [0.15, 0.2) is 24.3 Å². The summed E-state index contributed by atoms with van der Waals surface area (Å²) < 4.78 is 5.23. The fourth-order valence-electron chi connectivity index (χ4n) is 2.93. The molecular formula is C16H19N3OS. The first-order chi connectivity index (χ1) is 10.3. The van der Waals surface area contributed by atoms with Crippen LogP contribution < -0.4 is 9.64 Å². The number of hydrogen-bond donors (Lipinski definition) is 0. The molecule has 0 N–H and O–H groups in total. The van der Waals surface area contributed by atoms with Crippen molar-refractivity contribution in [3.05, 3.63) is 34.8 Å². The molecule has 1 aromatic heterocycles. The summed E-state index contributed by atoms with van der Waals surface area (Å²) in [4.78, 5) is 2.39. The van der Waals surface area contributed by atoms with Crippen LogP contribution in [-0.4, -0.2) is 30.4 Å². The molecule has 4 rings (SSSR count). The molecule has 5 heteroatoms. The van der Waals surface area contributed by atoms with Crippen LogP contribution in [0.4, 0.5) is 5.13 Å². The second-order valence-corrected chi connectivity index (χ2v) is 6.89. The summed E-state index contributed by atoms with van der Waals surface area (Å²) in [6.45, 7) is 2.13. The van der Waals surface area contributed by atoms with E-state index in [-0.39, 0.29) is 0 Å². The van der Waals surface area contributed by atoms with Crippen LogP contribution in [0.2, 0.25) is 0 Å². The Bertz CT molecular complexity index is 621. The molecule has 2 aromatic rings. The molecule has 1 atom stereocenters. The van der Waals surface area contributed by atoms with Crippen LogP contribution in [0.25, 0.3) is 0 Å². The van der Waals surface area contributed by atoms with Crippen LogP contribution in [-0.2, 0) is 0 Å². The fraction of sp³-hybridized carbons (Fsp3) is 0.500. The van der Waals surface area contributed by atoms with Gasteiger partial charge in [0, 0.05) is 24.9 Å². The van der Waals surface area contributed by atoms with Crippen molar-refractivity contribution >= 4 is 16.5 Å². The molecule has 1 aliphatic heterocycles. The van der Waals surface area contributed by atoms with E-state index >= 15 is 0 Å². The van der Waals surface area contributed by atoms with Crippen LogP contribution in [0, 0.1) is 0 Å². The lowest BCUT2D eigenvalue weighted by Gasteiger charge is -2.14. The third kappa shape index (κ3) is 2.62. The Morgan fingerprint density at radius 2 is 1.90 bits per heavy atom. The minimum Gasteiger partial charge on any atom is -0.497 e. The predicted octanol–water partition coefficient (Wildman–Crippen LogP) is 3.42. The highest BCUT2D eigenvalue weighted by molar-refractivity contribution is 7.15. The largest absolute Gasteiger partial charge is 0.497 e. The SMILES string of the molecule is COc1ccc([C@@H]2CCN(c3nnc(C4CC4)s3)C2)cc1. The summed E-state index contributed by atoms with van der Waals surface area (Å²) in [5.74, 6) is 2.22. The smallest absolute Gasteiger partial charge is 0.208 e. The van der Waals surface area contributed by atoms with E-state index in [9.17, 15) is 0 Å². The number of methoxy groups -OCH3 is 1. The summed E-state index contributed by atoms with van der Waals surface area (Å²) >= 11 is 1.79. The molecule has 1 aliphatic carbocycles. The summed E-state index contributed by atoms with van der Waals surface area (Å²) in [6.07, 6.45) is 3.77. The molecule has 0 bridgehead atoms. The zero-order valence-electron chi connectivity index (χ0n) is 12.2. The Kier molecular flexibility index (Phi) is 3.30. The molecule has 0 unspecified atom stereocenters. The minimum atomic E-state index is 0.587. The van der Waals surface area contributed by atoms with Crippen molar-refractivity contribution in [2.75, 3.05) is 25.1 Å². The van der Waals surface area contributed by atoms with Gasteiger partial charge in [-0.1, -0.05) is 23.5 Å². The molecule has 110 valence electrons. The third-order valence-corrected chi connectivity index (χ3v) is 5.55. The van der Waals surface area contributed by atoms with Gasteiger partial charge in [-0.3, -0.25) is 0 Å². The van der Waals surface area contributed by atoms with E-state index in [1.54, 1.807) is 18.4 Å². The first-order valence-corrected chi connectivity index (χ1v) is 8.37. The van der Waals surface area contributed by atoms with Crippen molar-refractivity contribution in [3.8, 4) is 5.75 Å². The molecule has 1 saturated heterocycles. The van der Waals surface area contributed by atoms with Crippen LogP contribution in [0.5, 0.6) is 5.75 Å². The van der Waals surface area contributed by atoms with E-state index in [4.69, 9.17) is 4.74 Å². The maximum atomic E-state index is 5.23. The van der Waals surface area contributed by atoms with Gasteiger partial charge >= 0.3 is 0 Å². The lowest BCUT2D eigenvalue weighted by Crippen LogP contribution is -2.18. The minimum absolute atomic E-state index is 0.587. The zero-order chi connectivity index (χ0) is 14.2. The summed E-state index contributed by atoms with van der Waals surface area (Å²) in [7, 11) is 1.71. The van der Waals surface area contributed by atoms with Crippen molar-refractivity contribution in [2.45, 2.75) is 31.1 Å². The number of anilines is 1. The standard InChI is InChI=1S/C16H19N3OS/c1-20-14-6-4-11(5-7-14)13-8-9-19(10-13)16-18-17-15(21-16)12-2-3-12/h4-7,12-13H,2-3,8-10H2,1H3/t13-/m1/s1. The van der Waals surface area contributed by atoms with Gasteiger partial charge in [-0.2, -0.15) is 0 Å². The molecule has 21 heavy (non-hydrogen) atoms. The van der Waals surface area contributed by atoms with Gasteiger partial charge in [0.25, 0.3) is 0 Å². The Morgan fingerprint density at radius 3 is 2.62 bits per heavy atom. The molecular weight excluding hydrogens is 282 g/mol. The highest BCUT2D eigenvalue weighted by Crippen LogP contribution is 2.43. The van der Waals surface area contributed by atoms with Crippen molar-refractivity contribution in [2.24, 2.45) is 0 Å². The fourth-order valence-corrected chi connectivity index (χ4v) is 3.98. The molecule has 0 amide bonds. The van der Waals surface area contributed by atoms with E-state index in [2.05, 4.69) is 27.2 Å². The lowest BCUT2D eigenvalue weighted by atomic mass is 9.98. The number of benzene rings is 1. The van der Waals surface area contributed by atoms with Crippen molar-refractivity contribution < 1.29 is 4.74 Å². The van der Waals surface area contributed by atoms with Crippen LogP contribution in [0.3, 0.4) is 0 Å². The number of aromatic nitrogens is 2. The molecule has 2 aliphatic rings. The van der Waals surface area contributed by atoms with Gasteiger partial charge in [-0.15, -0.1) is 10.2 Å². The van der Waals surface area contributed by atoms with E-state index in [1.165, 1.54) is 29.8 Å². The second-order valence-electron chi connectivity index (χ2n) is 5.90. The topological polar surface area (TPSA) is 38.2 Å². The van der Waals surface area contributed by atoms with Crippen LogP contribution in [0.1, 0.15) is 41.7 Å². The van der Waals surface area contributed by atoms with Gasteiger partial charge in [-0.25, -0.2) is 0 Å². The number of rotatable bonds is 4.